The van der Waals surface area contributed by atoms with Crippen molar-refractivity contribution in [1.82, 2.24) is 10.6 Å². The van der Waals surface area contributed by atoms with E-state index in [-0.39, 0.29) is 6.03 Å². The predicted octanol–water partition coefficient (Wildman–Crippen LogP) is 2.56. The summed E-state index contributed by atoms with van der Waals surface area (Å²) in [5.41, 5.74) is 1.03. The van der Waals surface area contributed by atoms with Crippen LogP contribution in [0.2, 0.25) is 0 Å². The highest BCUT2D eigenvalue weighted by Crippen LogP contribution is 2.10. The van der Waals surface area contributed by atoms with E-state index in [1.807, 2.05) is 24.3 Å². The Labute approximate surface area is 127 Å². The molecular formula is C16H26N2O3. The Hall–Kier alpha value is -1.75. The second-order valence-electron chi connectivity index (χ2n) is 5.28. The number of rotatable bonds is 9. The molecule has 2 N–H and O–H groups in total. The molecule has 0 heterocycles. The average molecular weight is 294 g/mol. The number of ether oxygens (including phenoxy) is 2. The summed E-state index contributed by atoms with van der Waals surface area (Å²) < 4.78 is 10.5. The first-order valence-corrected chi connectivity index (χ1v) is 7.34. The highest BCUT2D eigenvalue weighted by molar-refractivity contribution is 5.73. The van der Waals surface area contributed by atoms with Crippen molar-refractivity contribution in [2.75, 3.05) is 26.9 Å². The summed E-state index contributed by atoms with van der Waals surface area (Å²) in [7, 11) is 1.63. The minimum atomic E-state index is -0.158. The highest BCUT2D eigenvalue weighted by atomic mass is 16.5. The molecule has 0 saturated heterocycles. The first-order chi connectivity index (χ1) is 10.1. The van der Waals surface area contributed by atoms with Crippen LogP contribution in [0.4, 0.5) is 4.79 Å². The van der Waals surface area contributed by atoms with Crippen LogP contribution in [0.25, 0.3) is 0 Å². The number of urea groups is 1. The van der Waals surface area contributed by atoms with Crippen LogP contribution in [0.5, 0.6) is 5.75 Å². The molecule has 21 heavy (non-hydrogen) atoms. The molecule has 1 aromatic rings. The molecule has 0 aromatic heterocycles. The van der Waals surface area contributed by atoms with E-state index in [2.05, 4.69) is 24.5 Å². The molecule has 0 aliphatic rings. The molecule has 0 bridgehead atoms. The van der Waals surface area contributed by atoms with Crippen molar-refractivity contribution in [3.8, 4) is 5.75 Å². The maximum atomic E-state index is 11.6. The molecule has 1 rings (SSSR count). The molecule has 0 aliphatic carbocycles. The Morgan fingerprint density at radius 1 is 1.19 bits per heavy atom. The van der Waals surface area contributed by atoms with Crippen LogP contribution in [-0.4, -0.2) is 32.9 Å². The maximum absolute atomic E-state index is 11.6. The van der Waals surface area contributed by atoms with Crippen molar-refractivity contribution in [2.45, 2.75) is 26.8 Å². The van der Waals surface area contributed by atoms with Gasteiger partial charge in [0.1, 0.15) is 5.75 Å². The third-order valence-corrected chi connectivity index (χ3v) is 2.81. The van der Waals surface area contributed by atoms with Gasteiger partial charge in [-0.3, -0.25) is 0 Å². The monoisotopic (exact) mass is 294 g/mol. The molecular weight excluding hydrogens is 268 g/mol. The van der Waals surface area contributed by atoms with Crippen LogP contribution in [0, 0.1) is 5.92 Å². The van der Waals surface area contributed by atoms with E-state index >= 15 is 0 Å². The highest BCUT2D eigenvalue weighted by Gasteiger charge is 2.00. The zero-order valence-corrected chi connectivity index (χ0v) is 13.1. The van der Waals surface area contributed by atoms with Crippen molar-refractivity contribution < 1.29 is 14.3 Å². The van der Waals surface area contributed by atoms with Crippen LogP contribution >= 0.6 is 0 Å². The number of methoxy groups -OCH3 is 1. The minimum Gasteiger partial charge on any atom is -0.497 e. The Morgan fingerprint density at radius 2 is 1.90 bits per heavy atom. The predicted molar refractivity (Wildman–Crippen MR) is 83.5 cm³/mol. The molecule has 0 atom stereocenters. The summed E-state index contributed by atoms with van der Waals surface area (Å²) in [6.45, 7) is 6.79. The van der Waals surface area contributed by atoms with Gasteiger partial charge in [0.15, 0.2) is 0 Å². The van der Waals surface area contributed by atoms with E-state index < -0.39 is 0 Å². The van der Waals surface area contributed by atoms with Crippen LogP contribution < -0.4 is 15.4 Å². The summed E-state index contributed by atoms with van der Waals surface area (Å²) in [6.07, 6.45) is 0.822. The lowest BCUT2D eigenvalue weighted by Crippen LogP contribution is -2.35. The number of benzene rings is 1. The van der Waals surface area contributed by atoms with Gasteiger partial charge in [-0.15, -0.1) is 0 Å². The van der Waals surface area contributed by atoms with Gasteiger partial charge in [-0.2, -0.15) is 0 Å². The maximum Gasteiger partial charge on any atom is 0.315 e. The quantitative estimate of drug-likeness (QED) is 0.688. The number of nitrogens with one attached hydrogen (secondary N) is 2. The molecule has 2 amide bonds. The summed E-state index contributed by atoms with van der Waals surface area (Å²) in [5, 5.41) is 5.62. The fraction of sp³-hybridized carbons (Fsp3) is 0.562. The zero-order valence-electron chi connectivity index (χ0n) is 13.1. The molecule has 0 aliphatic heterocycles. The van der Waals surface area contributed by atoms with Crippen LogP contribution in [0.1, 0.15) is 25.8 Å². The Balaban J connectivity index is 2.08. The van der Waals surface area contributed by atoms with Crippen molar-refractivity contribution in [2.24, 2.45) is 5.92 Å². The van der Waals surface area contributed by atoms with E-state index in [1.54, 1.807) is 7.11 Å². The average Bonchev–Trinajstić information content (AvgIpc) is 2.49. The van der Waals surface area contributed by atoms with Gasteiger partial charge in [-0.25, -0.2) is 4.79 Å². The van der Waals surface area contributed by atoms with Gasteiger partial charge in [-0.05, 0) is 30.0 Å². The molecule has 118 valence electrons. The van der Waals surface area contributed by atoms with Crippen molar-refractivity contribution >= 4 is 6.03 Å². The third-order valence-electron chi connectivity index (χ3n) is 2.81. The second kappa shape index (κ2) is 10.0. The van der Waals surface area contributed by atoms with Gasteiger partial charge < -0.3 is 20.1 Å². The summed E-state index contributed by atoms with van der Waals surface area (Å²) in [4.78, 5) is 11.6. The van der Waals surface area contributed by atoms with Crippen LogP contribution in [-0.2, 0) is 11.3 Å². The van der Waals surface area contributed by atoms with Gasteiger partial charge in [0, 0.05) is 26.3 Å². The SMILES string of the molecule is COc1ccc(CNC(=O)NCCCOCC(C)C)cc1. The van der Waals surface area contributed by atoms with Gasteiger partial charge in [0.05, 0.1) is 7.11 Å². The lowest BCUT2D eigenvalue weighted by molar-refractivity contribution is 0.108. The van der Waals surface area contributed by atoms with Crippen molar-refractivity contribution in [3.05, 3.63) is 29.8 Å². The molecule has 0 spiro atoms. The lowest BCUT2D eigenvalue weighted by atomic mass is 10.2. The Bertz CT molecular complexity index is 404. The topological polar surface area (TPSA) is 59.6 Å². The number of hydrogen-bond acceptors (Lipinski definition) is 3. The fourth-order valence-corrected chi connectivity index (χ4v) is 1.68. The van der Waals surface area contributed by atoms with Gasteiger partial charge in [-0.1, -0.05) is 26.0 Å². The van der Waals surface area contributed by atoms with E-state index in [9.17, 15) is 4.79 Å². The molecule has 5 heteroatoms. The number of hydrogen-bond donors (Lipinski definition) is 2. The van der Waals surface area contributed by atoms with Gasteiger partial charge >= 0.3 is 6.03 Å². The van der Waals surface area contributed by atoms with Crippen molar-refractivity contribution in [3.63, 3.8) is 0 Å². The van der Waals surface area contributed by atoms with Gasteiger partial charge in [0.25, 0.3) is 0 Å². The van der Waals surface area contributed by atoms with Crippen LogP contribution in [0.3, 0.4) is 0 Å². The van der Waals surface area contributed by atoms with E-state index in [0.29, 0.717) is 25.6 Å². The molecule has 1 aromatic carbocycles. The largest absolute Gasteiger partial charge is 0.497 e. The van der Waals surface area contributed by atoms with Crippen molar-refractivity contribution in [1.29, 1.82) is 0 Å². The third kappa shape index (κ3) is 8.19. The normalized spacial score (nSPS) is 10.5. The summed E-state index contributed by atoms with van der Waals surface area (Å²) in [5.74, 6) is 1.36. The first-order valence-electron chi connectivity index (χ1n) is 7.34. The minimum absolute atomic E-state index is 0.158. The standard InChI is InChI=1S/C16H26N2O3/c1-13(2)12-21-10-4-9-17-16(19)18-11-14-5-7-15(20-3)8-6-14/h5-8,13H,4,9-12H2,1-3H3,(H2,17,18,19). The molecule has 0 fully saturated rings. The zero-order chi connectivity index (χ0) is 15.5. The van der Waals surface area contributed by atoms with Crippen LogP contribution in [0.15, 0.2) is 24.3 Å². The van der Waals surface area contributed by atoms with Gasteiger partial charge in [0.2, 0.25) is 0 Å². The molecule has 5 nitrogen and oxygen atoms in total. The van der Waals surface area contributed by atoms with E-state index in [1.165, 1.54) is 0 Å². The molecule has 0 saturated carbocycles. The smallest absolute Gasteiger partial charge is 0.315 e. The summed E-state index contributed by atoms with van der Waals surface area (Å²) >= 11 is 0. The molecule has 0 radical (unpaired) electrons. The number of carbonyl (C=O) groups excluding carboxylic acids is 1. The van der Waals surface area contributed by atoms with E-state index in [4.69, 9.17) is 9.47 Å². The second-order valence-corrected chi connectivity index (χ2v) is 5.28. The lowest BCUT2D eigenvalue weighted by Gasteiger charge is -2.09. The number of carbonyl (C=O) groups is 1. The number of amides is 2. The van der Waals surface area contributed by atoms with E-state index in [0.717, 1.165) is 24.3 Å². The summed E-state index contributed by atoms with van der Waals surface area (Å²) in [6, 6.07) is 7.45. The Morgan fingerprint density at radius 3 is 2.52 bits per heavy atom. The first kappa shape index (κ1) is 17.3. The Kier molecular flexibility index (Phi) is 8.28. The fourth-order valence-electron chi connectivity index (χ4n) is 1.68. The molecule has 0 unspecified atom stereocenters.